The number of rotatable bonds is 6. The minimum Gasteiger partial charge on any atom is -0.424 e. The fourth-order valence-electron chi connectivity index (χ4n) is 4.15. The minimum absolute atomic E-state index is 0.161. The summed E-state index contributed by atoms with van der Waals surface area (Å²) in [5.74, 6) is 1.42. The third kappa shape index (κ3) is 5.25. The fourth-order valence-corrected chi connectivity index (χ4v) is 4.15. The molecule has 1 aliphatic heterocycles. The first-order chi connectivity index (χ1) is 16.9. The van der Waals surface area contributed by atoms with Gasteiger partial charge in [-0.15, -0.1) is 0 Å². The second-order valence-corrected chi connectivity index (χ2v) is 8.86. The molecule has 0 atom stereocenters. The van der Waals surface area contributed by atoms with E-state index in [4.69, 9.17) is 9.15 Å². The van der Waals surface area contributed by atoms with Gasteiger partial charge in [0.25, 0.3) is 0 Å². The number of benzene rings is 2. The van der Waals surface area contributed by atoms with Crippen LogP contribution in [-0.2, 0) is 0 Å². The third-order valence-electron chi connectivity index (χ3n) is 6.09. The van der Waals surface area contributed by atoms with Crippen molar-refractivity contribution in [2.45, 2.75) is 26.8 Å². The minimum atomic E-state index is -0.399. The highest BCUT2D eigenvalue weighted by molar-refractivity contribution is 5.81. The van der Waals surface area contributed by atoms with Gasteiger partial charge in [0, 0.05) is 55.4 Å². The van der Waals surface area contributed by atoms with Crippen molar-refractivity contribution in [3.8, 4) is 11.8 Å². The highest BCUT2D eigenvalue weighted by Crippen LogP contribution is 2.27. The molecule has 0 radical (unpaired) electrons. The summed E-state index contributed by atoms with van der Waals surface area (Å²) in [6.45, 7) is 9.78. The van der Waals surface area contributed by atoms with Crippen molar-refractivity contribution < 1.29 is 9.15 Å². The Balaban J connectivity index is 1.46. The van der Waals surface area contributed by atoms with Crippen molar-refractivity contribution in [2.75, 3.05) is 36.4 Å². The Morgan fingerprint density at radius 3 is 2.49 bits per heavy atom. The maximum absolute atomic E-state index is 11.8. The second-order valence-electron chi connectivity index (χ2n) is 8.86. The number of nitrogens with one attached hydrogen (secondary N) is 1. The summed E-state index contributed by atoms with van der Waals surface area (Å²) in [7, 11) is 0. The van der Waals surface area contributed by atoms with E-state index in [1.807, 2.05) is 49.4 Å². The lowest BCUT2D eigenvalue weighted by molar-refractivity contribution is 0.208. The monoisotopic (exact) mass is 472 g/mol. The Morgan fingerprint density at radius 1 is 0.971 bits per heavy atom. The molecule has 180 valence electrons. The van der Waals surface area contributed by atoms with Gasteiger partial charge in [-0.05, 0) is 50.6 Å². The maximum atomic E-state index is 11.8. The molecule has 1 fully saturated rings. The van der Waals surface area contributed by atoms with Crippen LogP contribution in [0.4, 0.5) is 17.6 Å². The topological polar surface area (TPSA) is 96.6 Å². The summed E-state index contributed by atoms with van der Waals surface area (Å²) >= 11 is 0. The molecule has 0 bridgehead atoms. The average Bonchev–Trinajstić information content (AvgIpc) is 2.84. The molecule has 9 heteroatoms. The van der Waals surface area contributed by atoms with Crippen LogP contribution in [0, 0.1) is 6.92 Å². The Hall–Kier alpha value is -3.98. The lowest BCUT2D eigenvalue weighted by Gasteiger charge is -2.36. The first kappa shape index (κ1) is 22.8. The Labute approximate surface area is 203 Å². The van der Waals surface area contributed by atoms with E-state index in [2.05, 4.69) is 43.9 Å². The van der Waals surface area contributed by atoms with E-state index in [-0.39, 0.29) is 6.01 Å². The molecule has 0 aliphatic carbocycles. The van der Waals surface area contributed by atoms with Crippen LogP contribution >= 0.6 is 0 Å². The summed E-state index contributed by atoms with van der Waals surface area (Å²) in [6, 6.07) is 17.2. The Kier molecular flexibility index (Phi) is 6.33. The van der Waals surface area contributed by atoms with Crippen LogP contribution in [0.3, 0.4) is 0 Å². The van der Waals surface area contributed by atoms with Gasteiger partial charge in [-0.1, -0.05) is 18.2 Å². The molecular weight excluding hydrogens is 444 g/mol. The van der Waals surface area contributed by atoms with Gasteiger partial charge in [0.05, 0.1) is 0 Å². The number of aryl methyl sites for hydroxylation is 1. The number of nitrogens with zero attached hydrogens (tertiary/aromatic N) is 5. The van der Waals surface area contributed by atoms with Crippen LogP contribution < -0.4 is 20.6 Å². The predicted molar refractivity (Wildman–Crippen MR) is 136 cm³/mol. The lowest BCUT2D eigenvalue weighted by Crippen LogP contribution is -2.49. The summed E-state index contributed by atoms with van der Waals surface area (Å²) in [4.78, 5) is 30.2. The number of aromatic nitrogens is 3. The van der Waals surface area contributed by atoms with Gasteiger partial charge in [0.2, 0.25) is 11.9 Å². The second kappa shape index (κ2) is 9.71. The molecular formula is C26H28N6O3. The molecule has 0 unspecified atom stereocenters. The molecule has 5 rings (SSSR count). The van der Waals surface area contributed by atoms with E-state index in [1.165, 1.54) is 6.07 Å². The van der Waals surface area contributed by atoms with E-state index in [0.717, 1.165) is 42.8 Å². The first-order valence-corrected chi connectivity index (χ1v) is 11.7. The summed E-state index contributed by atoms with van der Waals surface area (Å²) in [5, 5.41) is 4.09. The zero-order chi connectivity index (χ0) is 24.4. The van der Waals surface area contributed by atoms with Gasteiger partial charge in [-0.3, -0.25) is 4.90 Å². The number of para-hydroxylation sites is 1. The van der Waals surface area contributed by atoms with Gasteiger partial charge in [-0.25, -0.2) is 4.79 Å². The van der Waals surface area contributed by atoms with Crippen LogP contribution in [0.15, 0.2) is 63.8 Å². The molecule has 1 saturated heterocycles. The number of hydrogen-bond donors (Lipinski definition) is 1. The Bertz CT molecular complexity index is 1380. The predicted octanol–water partition coefficient (Wildman–Crippen LogP) is 4.35. The summed E-state index contributed by atoms with van der Waals surface area (Å²) < 4.78 is 11.4. The molecule has 1 N–H and O–H groups in total. The summed E-state index contributed by atoms with van der Waals surface area (Å²) in [6.07, 6.45) is 0. The van der Waals surface area contributed by atoms with Gasteiger partial charge in [-0.2, -0.15) is 15.0 Å². The van der Waals surface area contributed by atoms with Crippen molar-refractivity contribution in [3.05, 3.63) is 70.6 Å². The molecule has 9 nitrogen and oxygen atoms in total. The number of ether oxygens (including phenoxy) is 1. The van der Waals surface area contributed by atoms with Crippen molar-refractivity contribution in [3.63, 3.8) is 0 Å². The van der Waals surface area contributed by atoms with Crippen LogP contribution in [0.2, 0.25) is 0 Å². The van der Waals surface area contributed by atoms with E-state index in [9.17, 15) is 4.79 Å². The van der Waals surface area contributed by atoms with Crippen LogP contribution in [0.5, 0.6) is 11.8 Å². The molecule has 0 spiro atoms. The smallest absolute Gasteiger partial charge is 0.336 e. The van der Waals surface area contributed by atoms with E-state index in [0.29, 0.717) is 29.3 Å². The molecule has 2 aromatic heterocycles. The molecule has 1 aliphatic rings. The SMILES string of the molecule is Cc1cc(=O)oc2cc(Oc3nc(Nc4ccccc4)nc(N4CCN(C(C)C)CC4)n3)ccc12. The standard InChI is InChI=1S/C26H28N6O3/c1-17(2)31-11-13-32(14-12-31)25-28-24(27-19-7-5-4-6-8-19)29-26(30-25)34-20-9-10-21-18(3)15-23(33)35-22(21)16-20/h4-10,15-17H,11-14H2,1-3H3,(H,27,28,29,30). The highest BCUT2D eigenvalue weighted by atomic mass is 16.5. The van der Waals surface area contributed by atoms with E-state index < -0.39 is 5.63 Å². The van der Waals surface area contributed by atoms with E-state index >= 15 is 0 Å². The van der Waals surface area contributed by atoms with Crippen molar-refractivity contribution >= 4 is 28.6 Å². The number of anilines is 3. The van der Waals surface area contributed by atoms with Crippen LogP contribution in [0.25, 0.3) is 11.0 Å². The molecule has 4 aromatic rings. The number of fused-ring (bicyclic) bond motifs is 1. The molecule has 2 aromatic carbocycles. The normalized spacial score (nSPS) is 14.5. The van der Waals surface area contributed by atoms with Crippen LogP contribution in [0.1, 0.15) is 19.4 Å². The van der Waals surface area contributed by atoms with Gasteiger partial charge >= 0.3 is 11.6 Å². The third-order valence-corrected chi connectivity index (χ3v) is 6.09. The largest absolute Gasteiger partial charge is 0.424 e. The summed E-state index contributed by atoms with van der Waals surface area (Å²) in [5.41, 5.74) is 1.77. The molecule has 0 saturated carbocycles. The maximum Gasteiger partial charge on any atom is 0.336 e. The van der Waals surface area contributed by atoms with Crippen molar-refractivity contribution in [1.29, 1.82) is 0 Å². The highest BCUT2D eigenvalue weighted by Gasteiger charge is 2.22. The average molecular weight is 473 g/mol. The number of piperazine rings is 1. The zero-order valence-electron chi connectivity index (χ0n) is 20.1. The van der Waals surface area contributed by atoms with Gasteiger partial charge < -0.3 is 19.4 Å². The molecule has 0 amide bonds. The van der Waals surface area contributed by atoms with Crippen molar-refractivity contribution in [2.24, 2.45) is 0 Å². The van der Waals surface area contributed by atoms with E-state index in [1.54, 1.807) is 6.07 Å². The first-order valence-electron chi connectivity index (χ1n) is 11.7. The number of hydrogen-bond acceptors (Lipinski definition) is 9. The lowest BCUT2D eigenvalue weighted by atomic mass is 10.1. The van der Waals surface area contributed by atoms with Crippen LogP contribution in [-0.4, -0.2) is 52.1 Å². The Morgan fingerprint density at radius 2 is 1.74 bits per heavy atom. The fraction of sp³-hybridized carbons (Fsp3) is 0.308. The molecule has 3 heterocycles. The van der Waals surface area contributed by atoms with Gasteiger partial charge in [0.15, 0.2) is 0 Å². The molecule has 35 heavy (non-hydrogen) atoms. The van der Waals surface area contributed by atoms with Crippen molar-refractivity contribution in [1.82, 2.24) is 19.9 Å². The van der Waals surface area contributed by atoms with Gasteiger partial charge in [0.1, 0.15) is 11.3 Å². The quantitative estimate of drug-likeness (QED) is 0.411. The zero-order valence-corrected chi connectivity index (χ0v) is 20.1.